The van der Waals surface area contributed by atoms with Crippen LogP contribution >= 0.6 is 12.2 Å². The molecular weight excluding hydrogens is 451 g/mol. The normalized spacial score (nSPS) is 14.9. The average Bonchev–Trinajstić information content (AvgIpc) is 3.01. The lowest BCUT2D eigenvalue weighted by molar-refractivity contribution is -0.123. The van der Waals surface area contributed by atoms with Crippen LogP contribution in [0, 0.1) is 17.1 Å². The summed E-state index contributed by atoms with van der Waals surface area (Å²) in [5.41, 5.74) is 1.52. The standard InChI is InChI=1S/C26H23FN4O2S/c1-26(2)24(32)31(21-7-4-20(17-28)23(27)16-21)25(34)30(26)14-3-15-33-22-8-5-18(6-9-22)19-10-12-29-13-11-19/h4-13,16H,3,14-15H2,1-2H3. The lowest BCUT2D eigenvalue weighted by Crippen LogP contribution is -2.44. The molecule has 1 aliphatic rings. The van der Waals surface area contributed by atoms with Crippen molar-refractivity contribution in [3.05, 3.63) is 78.4 Å². The number of benzene rings is 2. The van der Waals surface area contributed by atoms with E-state index in [1.807, 2.05) is 41.3 Å². The summed E-state index contributed by atoms with van der Waals surface area (Å²) in [6, 6.07) is 17.6. The Bertz CT molecular complexity index is 1260. The second-order valence-electron chi connectivity index (χ2n) is 8.37. The summed E-state index contributed by atoms with van der Waals surface area (Å²) in [5, 5.41) is 9.26. The van der Waals surface area contributed by atoms with Crippen LogP contribution in [0.25, 0.3) is 11.1 Å². The van der Waals surface area contributed by atoms with E-state index < -0.39 is 11.4 Å². The number of pyridine rings is 1. The maximum Gasteiger partial charge on any atom is 0.258 e. The van der Waals surface area contributed by atoms with Crippen LogP contribution in [-0.2, 0) is 4.79 Å². The van der Waals surface area contributed by atoms with Crippen molar-refractivity contribution in [2.75, 3.05) is 18.1 Å². The molecule has 4 rings (SSSR count). The van der Waals surface area contributed by atoms with E-state index in [0.29, 0.717) is 30.4 Å². The number of anilines is 1. The molecule has 172 valence electrons. The third-order valence-electron chi connectivity index (χ3n) is 5.82. The van der Waals surface area contributed by atoms with Crippen molar-refractivity contribution in [2.45, 2.75) is 25.8 Å². The molecule has 1 aliphatic heterocycles. The average molecular weight is 475 g/mol. The van der Waals surface area contributed by atoms with Gasteiger partial charge >= 0.3 is 0 Å². The Morgan fingerprint density at radius 2 is 1.76 bits per heavy atom. The number of ether oxygens (including phenoxy) is 1. The van der Waals surface area contributed by atoms with E-state index in [1.165, 1.54) is 23.1 Å². The Balaban J connectivity index is 1.37. The van der Waals surface area contributed by atoms with Gasteiger partial charge in [-0.15, -0.1) is 0 Å². The van der Waals surface area contributed by atoms with Crippen LogP contribution in [0.2, 0.25) is 0 Å². The SMILES string of the molecule is CC1(C)C(=O)N(c2ccc(C#N)c(F)c2)C(=S)N1CCCOc1ccc(-c2ccncc2)cc1. The Hall–Kier alpha value is -3.83. The van der Waals surface area contributed by atoms with Crippen molar-refractivity contribution in [3.8, 4) is 22.9 Å². The molecule has 0 bridgehead atoms. The minimum Gasteiger partial charge on any atom is -0.494 e. The number of thiocarbonyl (C=S) groups is 1. The minimum atomic E-state index is -0.881. The zero-order chi connectivity index (χ0) is 24.3. The molecule has 0 spiro atoms. The number of amides is 1. The second-order valence-corrected chi connectivity index (χ2v) is 8.74. The number of rotatable bonds is 7. The van der Waals surface area contributed by atoms with E-state index >= 15 is 0 Å². The van der Waals surface area contributed by atoms with Gasteiger partial charge in [0.15, 0.2) is 5.11 Å². The van der Waals surface area contributed by atoms with Gasteiger partial charge in [0.05, 0.1) is 17.9 Å². The number of carbonyl (C=O) groups is 1. The molecule has 8 heteroatoms. The number of aromatic nitrogens is 1. The molecule has 34 heavy (non-hydrogen) atoms. The van der Waals surface area contributed by atoms with E-state index in [2.05, 4.69) is 4.98 Å². The van der Waals surface area contributed by atoms with Gasteiger partial charge in [0.1, 0.15) is 23.2 Å². The van der Waals surface area contributed by atoms with Gasteiger partial charge in [-0.05, 0) is 86.1 Å². The van der Waals surface area contributed by atoms with Crippen LogP contribution < -0.4 is 9.64 Å². The van der Waals surface area contributed by atoms with Crippen molar-refractivity contribution >= 4 is 28.9 Å². The zero-order valence-electron chi connectivity index (χ0n) is 18.9. The largest absolute Gasteiger partial charge is 0.494 e. The fourth-order valence-corrected chi connectivity index (χ4v) is 4.38. The first-order valence-electron chi connectivity index (χ1n) is 10.8. The number of carbonyl (C=O) groups excluding carboxylic acids is 1. The van der Waals surface area contributed by atoms with Gasteiger partial charge in [-0.25, -0.2) is 4.39 Å². The Morgan fingerprint density at radius 3 is 2.41 bits per heavy atom. The number of hydrogen-bond donors (Lipinski definition) is 0. The van der Waals surface area contributed by atoms with Crippen LogP contribution in [0.4, 0.5) is 10.1 Å². The predicted octanol–water partition coefficient (Wildman–Crippen LogP) is 4.94. The van der Waals surface area contributed by atoms with Gasteiger partial charge in [-0.1, -0.05) is 12.1 Å². The van der Waals surface area contributed by atoms with Gasteiger partial charge in [-0.3, -0.25) is 14.7 Å². The van der Waals surface area contributed by atoms with Gasteiger partial charge in [-0.2, -0.15) is 5.26 Å². The fourth-order valence-electron chi connectivity index (χ4n) is 3.87. The van der Waals surface area contributed by atoms with Crippen LogP contribution in [0.3, 0.4) is 0 Å². The molecule has 3 aromatic rings. The molecule has 0 unspecified atom stereocenters. The third-order valence-corrected chi connectivity index (χ3v) is 6.22. The van der Waals surface area contributed by atoms with Crippen molar-refractivity contribution in [1.29, 1.82) is 5.26 Å². The predicted molar refractivity (Wildman–Crippen MR) is 132 cm³/mol. The first kappa shape index (κ1) is 23.3. The summed E-state index contributed by atoms with van der Waals surface area (Å²) >= 11 is 5.58. The first-order chi connectivity index (χ1) is 16.3. The van der Waals surface area contributed by atoms with Gasteiger partial charge < -0.3 is 9.64 Å². The van der Waals surface area contributed by atoms with E-state index in [1.54, 1.807) is 32.3 Å². The van der Waals surface area contributed by atoms with Gasteiger partial charge in [0.25, 0.3) is 5.91 Å². The van der Waals surface area contributed by atoms with Crippen molar-refractivity contribution in [1.82, 2.24) is 9.88 Å². The topological polar surface area (TPSA) is 69.5 Å². The van der Waals surface area contributed by atoms with Crippen molar-refractivity contribution in [2.24, 2.45) is 0 Å². The van der Waals surface area contributed by atoms with E-state index in [0.717, 1.165) is 16.9 Å². The molecule has 2 heterocycles. The highest BCUT2D eigenvalue weighted by Gasteiger charge is 2.49. The summed E-state index contributed by atoms with van der Waals surface area (Å²) in [6.45, 7) is 4.53. The molecular formula is C26H23FN4O2S. The number of nitrogens with zero attached hydrogens (tertiary/aromatic N) is 4. The summed E-state index contributed by atoms with van der Waals surface area (Å²) in [6.07, 6.45) is 4.15. The molecule has 0 N–H and O–H groups in total. The van der Waals surface area contributed by atoms with Crippen LogP contribution in [0.5, 0.6) is 5.75 Å². The van der Waals surface area contributed by atoms with Crippen LogP contribution in [0.1, 0.15) is 25.8 Å². The Labute approximate surface area is 203 Å². The molecule has 2 aromatic carbocycles. The molecule has 0 atom stereocenters. The van der Waals surface area contributed by atoms with Crippen LogP contribution in [-0.4, -0.2) is 39.6 Å². The number of nitriles is 1. The molecule has 1 aromatic heterocycles. The smallest absolute Gasteiger partial charge is 0.258 e. The summed E-state index contributed by atoms with van der Waals surface area (Å²) in [7, 11) is 0. The molecule has 0 aliphatic carbocycles. The second kappa shape index (κ2) is 9.57. The highest BCUT2D eigenvalue weighted by Crippen LogP contribution is 2.33. The van der Waals surface area contributed by atoms with Crippen LogP contribution in [0.15, 0.2) is 67.0 Å². The maximum atomic E-state index is 14.1. The van der Waals surface area contributed by atoms with Crippen molar-refractivity contribution in [3.63, 3.8) is 0 Å². The monoisotopic (exact) mass is 474 g/mol. The minimum absolute atomic E-state index is 0.0802. The summed E-state index contributed by atoms with van der Waals surface area (Å²) in [4.78, 5) is 20.3. The van der Waals surface area contributed by atoms with E-state index in [9.17, 15) is 9.18 Å². The fraction of sp³-hybridized carbons (Fsp3) is 0.231. The Morgan fingerprint density at radius 1 is 1.09 bits per heavy atom. The summed E-state index contributed by atoms with van der Waals surface area (Å²) < 4.78 is 20.0. The lowest BCUT2D eigenvalue weighted by Gasteiger charge is -2.29. The van der Waals surface area contributed by atoms with Crippen molar-refractivity contribution < 1.29 is 13.9 Å². The lowest BCUT2D eigenvalue weighted by atomic mass is 10.0. The third kappa shape index (κ3) is 4.47. The zero-order valence-corrected chi connectivity index (χ0v) is 19.7. The quantitative estimate of drug-likeness (QED) is 0.357. The Kier molecular flexibility index (Phi) is 6.57. The highest BCUT2D eigenvalue weighted by atomic mass is 32.1. The molecule has 1 saturated heterocycles. The van der Waals surface area contributed by atoms with Gasteiger partial charge in [0, 0.05) is 18.9 Å². The maximum absolute atomic E-state index is 14.1. The molecule has 1 fully saturated rings. The molecule has 0 radical (unpaired) electrons. The number of hydrogen-bond acceptors (Lipinski definition) is 5. The first-order valence-corrected chi connectivity index (χ1v) is 11.2. The number of halogens is 1. The van der Waals surface area contributed by atoms with E-state index in [-0.39, 0.29) is 11.5 Å². The molecule has 1 amide bonds. The van der Waals surface area contributed by atoms with Gasteiger partial charge in [0.2, 0.25) is 0 Å². The van der Waals surface area contributed by atoms with E-state index in [4.69, 9.17) is 22.2 Å². The summed E-state index contributed by atoms with van der Waals surface area (Å²) in [5.74, 6) is -0.170. The molecule has 0 saturated carbocycles. The highest BCUT2D eigenvalue weighted by molar-refractivity contribution is 7.80. The molecule has 6 nitrogen and oxygen atoms in total.